The summed E-state index contributed by atoms with van der Waals surface area (Å²) in [7, 11) is 0. The second-order valence-corrected chi connectivity index (χ2v) is 12.4. The Bertz CT molecular complexity index is 2640. The number of benzene rings is 7. The number of aromatic nitrogens is 3. The average Bonchev–Trinajstić information content (AvgIpc) is 3.82. The molecular formula is C44H29N3. The largest absolute Gasteiger partial charge is 0.309 e. The maximum atomic E-state index is 5.08. The molecule has 10 rings (SSSR count). The normalized spacial score (nSPS) is 12.2. The highest BCUT2D eigenvalue weighted by Crippen LogP contribution is 2.43. The van der Waals surface area contributed by atoms with E-state index < -0.39 is 0 Å². The molecule has 0 bridgehead atoms. The van der Waals surface area contributed by atoms with E-state index in [0.717, 1.165) is 40.2 Å². The zero-order valence-corrected chi connectivity index (χ0v) is 25.6. The van der Waals surface area contributed by atoms with Crippen LogP contribution in [0, 0.1) is 0 Å². The molecule has 9 aromatic rings. The summed E-state index contributed by atoms with van der Waals surface area (Å²) >= 11 is 0. The lowest BCUT2D eigenvalue weighted by Gasteiger charge is -2.12. The van der Waals surface area contributed by atoms with Crippen LogP contribution in [0.3, 0.4) is 0 Å². The second kappa shape index (κ2) is 10.2. The molecule has 0 spiro atoms. The Labute approximate surface area is 272 Å². The molecular weight excluding hydrogens is 571 g/mol. The van der Waals surface area contributed by atoms with Crippen LogP contribution in [0.15, 0.2) is 164 Å². The van der Waals surface area contributed by atoms with Gasteiger partial charge in [0.25, 0.3) is 0 Å². The fraction of sp³-hybridized carbons (Fsp3) is 0.0227. The number of hydrogen-bond acceptors (Lipinski definition) is 1. The standard InChI is InChI=1S/C44H29N3/c1-2-12-32(13-3-1)47-43-20-9-7-18-40(43)45-44(47)29-21-24-33(25-22-29)46-41-19-8-6-15-37(41)39-28-31(23-26-42(39)46)35-16-10-17-36-34-14-5-4-11-30(34)27-38(35)36/h1-26,28H,27H2. The van der Waals surface area contributed by atoms with Gasteiger partial charge in [0, 0.05) is 27.7 Å². The quantitative estimate of drug-likeness (QED) is 0.197. The van der Waals surface area contributed by atoms with Crippen molar-refractivity contribution >= 4 is 32.8 Å². The van der Waals surface area contributed by atoms with Crippen LogP contribution < -0.4 is 0 Å². The van der Waals surface area contributed by atoms with Gasteiger partial charge in [-0.05, 0) is 107 Å². The van der Waals surface area contributed by atoms with Gasteiger partial charge < -0.3 is 4.57 Å². The third-order valence-electron chi connectivity index (χ3n) is 9.79. The molecule has 220 valence electrons. The molecule has 3 heteroatoms. The number of imidazole rings is 1. The fourth-order valence-electron chi connectivity index (χ4n) is 7.66. The Morgan fingerprint density at radius 1 is 0.426 bits per heavy atom. The van der Waals surface area contributed by atoms with Crippen molar-refractivity contribution in [2.75, 3.05) is 0 Å². The summed E-state index contributed by atoms with van der Waals surface area (Å²) in [6.45, 7) is 0. The molecule has 0 saturated carbocycles. The molecule has 1 aliphatic carbocycles. The molecule has 0 unspecified atom stereocenters. The molecule has 7 aromatic carbocycles. The van der Waals surface area contributed by atoms with Crippen LogP contribution in [0.5, 0.6) is 0 Å². The van der Waals surface area contributed by atoms with Crippen molar-refractivity contribution in [1.29, 1.82) is 0 Å². The van der Waals surface area contributed by atoms with Crippen LogP contribution in [0.4, 0.5) is 0 Å². The van der Waals surface area contributed by atoms with E-state index in [1.54, 1.807) is 0 Å². The molecule has 2 aromatic heterocycles. The first-order valence-electron chi connectivity index (χ1n) is 16.2. The van der Waals surface area contributed by atoms with E-state index in [9.17, 15) is 0 Å². The van der Waals surface area contributed by atoms with E-state index in [4.69, 9.17) is 4.98 Å². The van der Waals surface area contributed by atoms with E-state index in [1.807, 2.05) is 0 Å². The minimum Gasteiger partial charge on any atom is -0.309 e. The predicted molar refractivity (Wildman–Crippen MR) is 195 cm³/mol. The molecule has 0 aliphatic heterocycles. The minimum absolute atomic E-state index is 0.938. The smallest absolute Gasteiger partial charge is 0.145 e. The van der Waals surface area contributed by atoms with Crippen LogP contribution in [0.25, 0.3) is 77.9 Å². The van der Waals surface area contributed by atoms with Crippen LogP contribution in [-0.2, 0) is 6.42 Å². The predicted octanol–water partition coefficient (Wildman–Crippen LogP) is 11.0. The van der Waals surface area contributed by atoms with Crippen molar-refractivity contribution in [3.05, 3.63) is 175 Å². The first kappa shape index (κ1) is 26.1. The summed E-state index contributed by atoms with van der Waals surface area (Å²) in [6, 6.07) is 59.0. The number of para-hydroxylation sites is 4. The summed E-state index contributed by atoms with van der Waals surface area (Å²) in [6.07, 6.45) is 0.978. The molecule has 0 amide bonds. The van der Waals surface area contributed by atoms with Crippen molar-refractivity contribution in [1.82, 2.24) is 14.1 Å². The van der Waals surface area contributed by atoms with Crippen LogP contribution in [-0.4, -0.2) is 14.1 Å². The summed E-state index contributed by atoms with van der Waals surface area (Å²) < 4.78 is 4.65. The molecule has 0 saturated heterocycles. The summed E-state index contributed by atoms with van der Waals surface area (Å²) in [5, 5.41) is 2.52. The Morgan fingerprint density at radius 3 is 1.98 bits per heavy atom. The van der Waals surface area contributed by atoms with Gasteiger partial charge in [-0.1, -0.05) is 97.1 Å². The minimum atomic E-state index is 0.938. The number of nitrogens with zero attached hydrogens (tertiary/aromatic N) is 3. The average molecular weight is 600 g/mol. The van der Waals surface area contributed by atoms with Gasteiger partial charge in [-0.15, -0.1) is 0 Å². The first-order valence-corrected chi connectivity index (χ1v) is 16.2. The van der Waals surface area contributed by atoms with Crippen molar-refractivity contribution in [3.8, 4) is 45.0 Å². The number of fused-ring (bicyclic) bond motifs is 7. The van der Waals surface area contributed by atoms with E-state index in [2.05, 4.69) is 173 Å². The lowest BCUT2D eigenvalue weighted by molar-refractivity contribution is 1.10. The van der Waals surface area contributed by atoms with Gasteiger partial charge in [0.1, 0.15) is 5.82 Å². The highest BCUT2D eigenvalue weighted by atomic mass is 15.1. The van der Waals surface area contributed by atoms with Gasteiger partial charge >= 0.3 is 0 Å². The number of hydrogen-bond donors (Lipinski definition) is 0. The highest BCUT2D eigenvalue weighted by molar-refractivity contribution is 6.10. The lowest BCUT2D eigenvalue weighted by atomic mass is 9.95. The molecule has 47 heavy (non-hydrogen) atoms. The molecule has 0 atom stereocenters. The molecule has 0 radical (unpaired) electrons. The zero-order valence-electron chi connectivity index (χ0n) is 25.6. The van der Waals surface area contributed by atoms with Crippen LogP contribution in [0.2, 0.25) is 0 Å². The maximum Gasteiger partial charge on any atom is 0.145 e. The summed E-state index contributed by atoms with van der Waals surface area (Å²) in [5.41, 5.74) is 16.0. The van der Waals surface area contributed by atoms with Crippen molar-refractivity contribution in [2.24, 2.45) is 0 Å². The van der Waals surface area contributed by atoms with E-state index in [-0.39, 0.29) is 0 Å². The summed E-state index contributed by atoms with van der Waals surface area (Å²) in [5.74, 6) is 0.938. The monoisotopic (exact) mass is 599 g/mol. The van der Waals surface area contributed by atoms with Crippen molar-refractivity contribution in [2.45, 2.75) is 6.42 Å². The van der Waals surface area contributed by atoms with Gasteiger partial charge in [-0.25, -0.2) is 4.98 Å². The van der Waals surface area contributed by atoms with Crippen molar-refractivity contribution in [3.63, 3.8) is 0 Å². The van der Waals surface area contributed by atoms with Crippen LogP contribution >= 0.6 is 0 Å². The highest BCUT2D eigenvalue weighted by Gasteiger charge is 2.22. The van der Waals surface area contributed by atoms with E-state index in [1.165, 1.54) is 55.2 Å². The molecule has 3 nitrogen and oxygen atoms in total. The Morgan fingerprint density at radius 2 is 1.09 bits per heavy atom. The van der Waals surface area contributed by atoms with Crippen molar-refractivity contribution < 1.29 is 0 Å². The van der Waals surface area contributed by atoms with Crippen LogP contribution in [0.1, 0.15) is 11.1 Å². The Balaban J connectivity index is 1.10. The number of rotatable bonds is 4. The summed E-state index contributed by atoms with van der Waals surface area (Å²) in [4.78, 5) is 5.08. The van der Waals surface area contributed by atoms with Gasteiger partial charge in [0.2, 0.25) is 0 Å². The van der Waals surface area contributed by atoms with Gasteiger partial charge in [0.05, 0.1) is 22.1 Å². The molecule has 2 heterocycles. The van der Waals surface area contributed by atoms with E-state index >= 15 is 0 Å². The Kier molecular flexibility index (Phi) is 5.64. The van der Waals surface area contributed by atoms with Gasteiger partial charge in [-0.2, -0.15) is 0 Å². The van der Waals surface area contributed by atoms with Gasteiger partial charge in [0.15, 0.2) is 0 Å². The maximum absolute atomic E-state index is 5.08. The molecule has 0 N–H and O–H groups in total. The fourth-order valence-corrected chi connectivity index (χ4v) is 7.66. The molecule has 0 fully saturated rings. The van der Waals surface area contributed by atoms with Gasteiger partial charge in [-0.3, -0.25) is 4.57 Å². The lowest BCUT2D eigenvalue weighted by Crippen LogP contribution is -1.98. The SMILES string of the molecule is c1ccc(-n2c(-c3ccc(-n4c5ccccc5c5cc(-c6cccc7c6Cc6ccccc6-7)ccc54)cc3)nc3ccccc32)cc1. The second-order valence-electron chi connectivity index (χ2n) is 12.4. The first-order chi connectivity index (χ1) is 23.3. The third kappa shape index (κ3) is 3.96. The van der Waals surface area contributed by atoms with E-state index in [0.29, 0.717) is 0 Å². The third-order valence-corrected chi connectivity index (χ3v) is 9.79. The zero-order chi connectivity index (χ0) is 30.9. The topological polar surface area (TPSA) is 22.8 Å². The Hall–Kier alpha value is -6.19. The molecule has 1 aliphatic rings.